The van der Waals surface area contributed by atoms with Crippen molar-refractivity contribution in [2.45, 2.75) is 43.0 Å². The zero-order valence-electron chi connectivity index (χ0n) is 20.0. The first-order chi connectivity index (χ1) is 16.7. The van der Waals surface area contributed by atoms with E-state index in [1.165, 1.54) is 16.8 Å². The molecule has 1 atom stereocenters. The third-order valence-electron chi connectivity index (χ3n) is 7.06. The lowest BCUT2D eigenvalue weighted by Crippen LogP contribution is -2.46. The molecule has 3 N–H and O–H groups in total. The molecule has 188 valence electrons. The van der Waals surface area contributed by atoms with Gasteiger partial charge in [-0.2, -0.15) is 4.31 Å². The van der Waals surface area contributed by atoms with Crippen LogP contribution in [0.3, 0.4) is 0 Å². The third kappa shape index (κ3) is 4.99. The van der Waals surface area contributed by atoms with E-state index in [-0.39, 0.29) is 22.4 Å². The Kier molecular flexibility index (Phi) is 7.32. The maximum absolute atomic E-state index is 13.9. The van der Waals surface area contributed by atoms with Crippen LogP contribution in [0.2, 0.25) is 0 Å². The fraction of sp³-hybridized carbons (Fsp3) is 0.440. The van der Waals surface area contributed by atoms with Gasteiger partial charge in [0.15, 0.2) is 0 Å². The number of anilines is 3. The summed E-state index contributed by atoms with van der Waals surface area (Å²) in [5.74, 6) is -1.60. The number of carbonyl (C=O) groups excluding carboxylic acids is 1. The molecule has 35 heavy (non-hydrogen) atoms. The molecule has 0 spiro atoms. The summed E-state index contributed by atoms with van der Waals surface area (Å²) in [5, 5.41) is 14.3. The predicted molar refractivity (Wildman–Crippen MR) is 135 cm³/mol. The standard InChI is InChI=1S/C25H32N4O5S/c1-26-20-14-21-23(13-19(20)25(32)27-15-24(30)31)35(33,34)28(2)22(17-9-5-3-6-10-17)16-29(21)18-11-7-4-8-12-18/h4,7-8,11-14,17,22,26H,3,5-6,9-10,15-16H2,1-2H3,(H,27,32)(H,30,31)/t22-/m0/s1. The number of hydrogen-bond donors (Lipinski definition) is 3. The van der Waals surface area contributed by atoms with Gasteiger partial charge in [0.1, 0.15) is 11.4 Å². The van der Waals surface area contributed by atoms with Gasteiger partial charge in [-0.3, -0.25) is 9.59 Å². The number of likely N-dealkylation sites (N-methyl/N-ethyl adjacent to an activating group) is 1. The number of para-hydroxylation sites is 1. The Morgan fingerprint density at radius 3 is 2.40 bits per heavy atom. The Labute approximate surface area is 206 Å². The summed E-state index contributed by atoms with van der Waals surface area (Å²) >= 11 is 0. The highest BCUT2D eigenvalue weighted by Gasteiger charge is 2.41. The van der Waals surface area contributed by atoms with E-state index in [1.807, 2.05) is 35.2 Å². The molecule has 2 aromatic rings. The van der Waals surface area contributed by atoms with E-state index in [9.17, 15) is 18.0 Å². The quantitative estimate of drug-likeness (QED) is 0.557. The smallest absolute Gasteiger partial charge is 0.322 e. The van der Waals surface area contributed by atoms with Crippen LogP contribution in [0.5, 0.6) is 0 Å². The van der Waals surface area contributed by atoms with Gasteiger partial charge in [-0.1, -0.05) is 37.5 Å². The summed E-state index contributed by atoms with van der Waals surface area (Å²) in [6.07, 6.45) is 5.31. The van der Waals surface area contributed by atoms with Crippen LogP contribution in [-0.2, 0) is 14.8 Å². The molecule has 4 rings (SSSR count). The van der Waals surface area contributed by atoms with E-state index in [1.54, 1.807) is 20.2 Å². The summed E-state index contributed by atoms with van der Waals surface area (Å²) in [4.78, 5) is 25.8. The minimum absolute atomic E-state index is 0.0293. The average molecular weight is 501 g/mol. The van der Waals surface area contributed by atoms with E-state index in [2.05, 4.69) is 10.6 Å². The number of carboxylic acid groups (broad SMARTS) is 1. The second-order valence-corrected chi connectivity index (χ2v) is 11.1. The van der Waals surface area contributed by atoms with Crippen molar-refractivity contribution in [3.63, 3.8) is 0 Å². The van der Waals surface area contributed by atoms with Crippen LogP contribution in [-0.4, -0.2) is 62.9 Å². The van der Waals surface area contributed by atoms with Crippen molar-refractivity contribution in [1.29, 1.82) is 0 Å². The van der Waals surface area contributed by atoms with Gasteiger partial charge in [0.05, 0.1) is 11.3 Å². The molecule has 0 bridgehead atoms. The van der Waals surface area contributed by atoms with Crippen LogP contribution in [0.25, 0.3) is 0 Å². The molecule has 1 fully saturated rings. The molecule has 2 aromatic carbocycles. The lowest BCUT2D eigenvalue weighted by molar-refractivity contribution is -0.135. The lowest BCUT2D eigenvalue weighted by Gasteiger charge is -2.36. The van der Waals surface area contributed by atoms with E-state index in [4.69, 9.17) is 5.11 Å². The van der Waals surface area contributed by atoms with Gasteiger partial charge in [-0.15, -0.1) is 0 Å². The summed E-state index contributed by atoms with van der Waals surface area (Å²) in [6.45, 7) is -0.0727. The zero-order valence-corrected chi connectivity index (χ0v) is 20.8. The minimum atomic E-state index is -3.94. The highest BCUT2D eigenvalue weighted by molar-refractivity contribution is 7.89. The number of carbonyl (C=O) groups is 2. The maximum Gasteiger partial charge on any atom is 0.322 e. The molecule has 1 amide bonds. The van der Waals surface area contributed by atoms with Gasteiger partial charge >= 0.3 is 5.97 Å². The summed E-state index contributed by atoms with van der Waals surface area (Å²) < 4.78 is 29.4. The number of rotatable bonds is 6. The number of carboxylic acids is 1. The largest absolute Gasteiger partial charge is 0.480 e. The van der Waals surface area contributed by atoms with Crippen LogP contribution in [0.15, 0.2) is 47.4 Å². The molecule has 0 aromatic heterocycles. The van der Waals surface area contributed by atoms with E-state index >= 15 is 0 Å². The third-order valence-corrected chi connectivity index (χ3v) is 8.97. The molecule has 9 nitrogen and oxygen atoms in total. The molecular weight excluding hydrogens is 468 g/mol. The molecule has 0 unspecified atom stereocenters. The normalized spacial score (nSPS) is 20.5. The number of nitrogens with zero attached hydrogens (tertiary/aromatic N) is 2. The zero-order chi connectivity index (χ0) is 25.2. The number of sulfonamides is 1. The van der Waals surface area contributed by atoms with E-state index in [0.29, 0.717) is 17.9 Å². The van der Waals surface area contributed by atoms with Gasteiger partial charge in [0.2, 0.25) is 10.0 Å². The van der Waals surface area contributed by atoms with Crippen molar-refractivity contribution in [1.82, 2.24) is 9.62 Å². The van der Waals surface area contributed by atoms with Gasteiger partial charge in [0, 0.05) is 38.1 Å². The number of aliphatic carboxylic acids is 1. The molecule has 0 radical (unpaired) electrons. The minimum Gasteiger partial charge on any atom is -0.480 e. The number of benzene rings is 2. The molecule has 2 aliphatic rings. The van der Waals surface area contributed by atoms with Crippen LogP contribution in [0, 0.1) is 5.92 Å². The predicted octanol–water partition coefficient (Wildman–Crippen LogP) is 3.26. The van der Waals surface area contributed by atoms with Crippen LogP contribution >= 0.6 is 0 Å². The highest BCUT2D eigenvalue weighted by Crippen LogP contribution is 2.42. The van der Waals surface area contributed by atoms with Gasteiger partial charge in [-0.25, -0.2) is 8.42 Å². The van der Waals surface area contributed by atoms with Crippen molar-refractivity contribution in [3.8, 4) is 0 Å². The average Bonchev–Trinajstić information content (AvgIpc) is 2.95. The molecule has 0 saturated heterocycles. The molecule has 1 heterocycles. The SMILES string of the molecule is CNc1cc2c(cc1C(=O)NCC(=O)O)S(=O)(=O)N(C)[C@H](C1CCCCC1)CN2c1ccccc1. The van der Waals surface area contributed by atoms with Crippen molar-refractivity contribution < 1.29 is 23.1 Å². The molecular formula is C25H32N4O5S. The van der Waals surface area contributed by atoms with Crippen molar-refractivity contribution in [3.05, 3.63) is 48.0 Å². The Morgan fingerprint density at radius 2 is 1.77 bits per heavy atom. The molecule has 1 aliphatic heterocycles. The van der Waals surface area contributed by atoms with E-state index in [0.717, 1.165) is 31.4 Å². The monoisotopic (exact) mass is 500 g/mol. The molecule has 10 heteroatoms. The Morgan fingerprint density at radius 1 is 1.09 bits per heavy atom. The second-order valence-electron chi connectivity index (χ2n) is 9.12. The first kappa shape index (κ1) is 25.0. The van der Waals surface area contributed by atoms with E-state index < -0.39 is 28.4 Å². The number of nitrogens with one attached hydrogen (secondary N) is 2. The first-order valence-electron chi connectivity index (χ1n) is 11.9. The second kappa shape index (κ2) is 10.2. The van der Waals surface area contributed by atoms with Crippen LogP contribution < -0.4 is 15.5 Å². The highest BCUT2D eigenvalue weighted by atomic mass is 32.2. The summed E-state index contributed by atoms with van der Waals surface area (Å²) in [5.41, 5.74) is 1.85. The topological polar surface area (TPSA) is 119 Å². The van der Waals surface area contributed by atoms with Crippen molar-refractivity contribution in [2.24, 2.45) is 5.92 Å². The van der Waals surface area contributed by atoms with Crippen molar-refractivity contribution in [2.75, 3.05) is 37.4 Å². The molecule has 1 saturated carbocycles. The number of fused-ring (bicyclic) bond motifs is 1. The Hall–Kier alpha value is -3.11. The Bertz CT molecular complexity index is 1200. The first-order valence-corrected chi connectivity index (χ1v) is 13.3. The maximum atomic E-state index is 13.9. The number of hydrogen-bond acceptors (Lipinski definition) is 6. The molecule has 1 aliphatic carbocycles. The van der Waals surface area contributed by atoms with Crippen molar-refractivity contribution >= 4 is 39.0 Å². The summed E-state index contributed by atoms with van der Waals surface area (Å²) in [6, 6.07) is 12.5. The van der Waals surface area contributed by atoms with Gasteiger partial charge in [0.25, 0.3) is 5.91 Å². The number of amides is 1. The Balaban J connectivity index is 1.88. The van der Waals surface area contributed by atoms with Crippen LogP contribution in [0.4, 0.5) is 17.1 Å². The fourth-order valence-electron chi connectivity index (χ4n) is 5.18. The van der Waals surface area contributed by atoms with Gasteiger partial charge < -0.3 is 20.6 Å². The van der Waals surface area contributed by atoms with Gasteiger partial charge in [-0.05, 0) is 43.0 Å². The fourth-order valence-corrected chi connectivity index (χ4v) is 6.79. The summed E-state index contributed by atoms with van der Waals surface area (Å²) in [7, 11) is -0.670. The van der Waals surface area contributed by atoms with Crippen LogP contribution in [0.1, 0.15) is 42.5 Å². The lowest BCUT2D eigenvalue weighted by atomic mass is 9.83.